The third-order valence-corrected chi connectivity index (χ3v) is 4.66. The molecule has 1 heterocycles. The van der Waals surface area contributed by atoms with Gasteiger partial charge in [0.15, 0.2) is 0 Å². The fourth-order valence-corrected chi connectivity index (χ4v) is 2.97. The van der Waals surface area contributed by atoms with E-state index in [2.05, 4.69) is 36.8 Å². The standard InChI is InChI=1S/C18H15BrN4O3S/c1-11(24)20-14-6-8-15(9-7-14)21-16(25)10-27-18-23-22-17(26-18)12-2-4-13(19)5-3-12/h2-9H,10H2,1H3,(H,20,24)(H,21,25). The van der Waals surface area contributed by atoms with Gasteiger partial charge in [0.25, 0.3) is 5.22 Å². The summed E-state index contributed by atoms with van der Waals surface area (Å²) in [7, 11) is 0. The molecule has 1 aromatic heterocycles. The van der Waals surface area contributed by atoms with Crippen molar-refractivity contribution in [2.24, 2.45) is 0 Å². The monoisotopic (exact) mass is 446 g/mol. The van der Waals surface area contributed by atoms with Gasteiger partial charge >= 0.3 is 0 Å². The van der Waals surface area contributed by atoms with Gasteiger partial charge in [-0.15, -0.1) is 10.2 Å². The largest absolute Gasteiger partial charge is 0.411 e. The quantitative estimate of drug-likeness (QED) is 0.550. The first-order chi connectivity index (χ1) is 13.0. The third kappa shape index (κ3) is 5.66. The maximum atomic E-state index is 12.1. The summed E-state index contributed by atoms with van der Waals surface area (Å²) in [5.74, 6) is 0.190. The highest BCUT2D eigenvalue weighted by atomic mass is 79.9. The summed E-state index contributed by atoms with van der Waals surface area (Å²) >= 11 is 4.53. The molecular formula is C18H15BrN4O3S. The second-order valence-corrected chi connectivity index (χ2v) is 7.32. The Kier molecular flexibility index (Phi) is 6.25. The van der Waals surface area contributed by atoms with Crippen LogP contribution in [0.1, 0.15) is 6.92 Å². The predicted molar refractivity (Wildman–Crippen MR) is 108 cm³/mol. The topological polar surface area (TPSA) is 97.1 Å². The summed E-state index contributed by atoms with van der Waals surface area (Å²) in [4.78, 5) is 23.1. The smallest absolute Gasteiger partial charge is 0.277 e. The zero-order valence-corrected chi connectivity index (χ0v) is 16.6. The maximum Gasteiger partial charge on any atom is 0.277 e. The molecule has 0 fully saturated rings. The molecule has 3 aromatic rings. The number of nitrogens with zero attached hydrogens (tertiary/aromatic N) is 2. The Bertz CT molecular complexity index is 942. The number of benzene rings is 2. The molecule has 0 spiro atoms. The third-order valence-electron chi connectivity index (χ3n) is 3.31. The van der Waals surface area contributed by atoms with Crippen molar-refractivity contribution < 1.29 is 14.0 Å². The molecule has 0 aliphatic heterocycles. The van der Waals surface area contributed by atoms with E-state index in [1.165, 1.54) is 6.92 Å². The van der Waals surface area contributed by atoms with E-state index in [0.717, 1.165) is 21.8 Å². The first-order valence-electron chi connectivity index (χ1n) is 7.89. The van der Waals surface area contributed by atoms with Gasteiger partial charge in [-0.1, -0.05) is 27.7 Å². The minimum atomic E-state index is -0.198. The van der Waals surface area contributed by atoms with E-state index in [9.17, 15) is 9.59 Å². The number of aromatic nitrogens is 2. The summed E-state index contributed by atoms with van der Waals surface area (Å²) in [5.41, 5.74) is 2.11. The number of amides is 2. The van der Waals surface area contributed by atoms with Gasteiger partial charge in [0.1, 0.15) is 0 Å². The Morgan fingerprint density at radius 2 is 1.63 bits per heavy atom. The minimum Gasteiger partial charge on any atom is -0.411 e. The lowest BCUT2D eigenvalue weighted by Crippen LogP contribution is -2.14. The fourth-order valence-electron chi connectivity index (χ4n) is 2.14. The second-order valence-electron chi connectivity index (χ2n) is 5.48. The van der Waals surface area contributed by atoms with Crippen LogP contribution in [0.4, 0.5) is 11.4 Å². The van der Waals surface area contributed by atoms with Gasteiger partial charge in [0, 0.05) is 28.3 Å². The van der Waals surface area contributed by atoms with E-state index in [0.29, 0.717) is 22.5 Å². The van der Waals surface area contributed by atoms with E-state index < -0.39 is 0 Å². The molecule has 2 amide bonds. The molecule has 0 bridgehead atoms. The molecular weight excluding hydrogens is 432 g/mol. The molecule has 27 heavy (non-hydrogen) atoms. The molecule has 0 aliphatic rings. The van der Waals surface area contributed by atoms with Gasteiger partial charge < -0.3 is 15.1 Å². The van der Waals surface area contributed by atoms with Crippen LogP contribution in [0.15, 0.2) is 62.6 Å². The Hall–Kier alpha value is -2.65. The lowest BCUT2D eigenvalue weighted by molar-refractivity contribution is -0.114. The Balaban J connectivity index is 1.52. The summed E-state index contributed by atoms with van der Waals surface area (Å²) in [6.07, 6.45) is 0. The maximum absolute atomic E-state index is 12.1. The van der Waals surface area contributed by atoms with Gasteiger partial charge in [-0.05, 0) is 48.5 Å². The van der Waals surface area contributed by atoms with Crippen LogP contribution in [0.3, 0.4) is 0 Å². The molecule has 0 saturated heterocycles. The highest BCUT2D eigenvalue weighted by Crippen LogP contribution is 2.24. The molecule has 3 rings (SSSR count). The van der Waals surface area contributed by atoms with Crippen molar-refractivity contribution in [3.63, 3.8) is 0 Å². The van der Waals surface area contributed by atoms with E-state index in [1.807, 2.05) is 24.3 Å². The van der Waals surface area contributed by atoms with Crippen molar-refractivity contribution in [2.45, 2.75) is 12.1 Å². The average molecular weight is 447 g/mol. The first kappa shape index (κ1) is 19.1. The summed E-state index contributed by atoms with van der Waals surface area (Å²) in [6, 6.07) is 14.4. The van der Waals surface area contributed by atoms with Gasteiger partial charge in [-0.2, -0.15) is 0 Å². The number of anilines is 2. The molecule has 7 nitrogen and oxygen atoms in total. The molecule has 138 valence electrons. The Morgan fingerprint density at radius 3 is 2.26 bits per heavy atom. The summed E-state index contributed by atoms with van der Waals surface area (Å²) in [6.45, 7) is 1.44. The summed E-state index contributed by atoms with van der Waals surface area (Å²) in [5, 5.41) is 13.7. The van der Waals surface area contributed by atoms with E-state index in [1.54, 1.807) is 24.3 Å². The SMILES string of the molecule is CC(=O)Nc1ccc(NC(=O)CSc2nnc(-c3ccc(Br)cc3)o2)cc1. The van der Waals surface area contributed by atoms with E-state index >= 15 is 0 Å². The molecule has 0 aliphatic carbocycles. The second kappa shape index (κ2) is 8.83. The van der Waals surface area contributed by atoms with Crippen LogP contribution in [0, 0.1) is 0 Å². The van der Waals surface area contributed by atoms with Crippen molar-refractivity contribution in [3.8, 4) is 11.5 Å². The van der Waals surface area contributed by atoms with Crippen LogP contribution in [0.25, 0.3) is 11.5 Å². The number of carbonyl (C=O) groups is 2. The van der Waals surface area contributed by atoms with Crippen LogP contribution in [0.2, 0.25) is 0 Å². The molecule has 0 atom stereocenters. The minimum absolute atomic E-state index is 0.134. The fraction of sp³-hybridized carbons (Fsp3) is 0.111. The van der Waals surface area contributed by atoms with Gasteiger partial charge in [-0.3, -0.25) is 9.59 Å². The van der Waals surface area contributed by atoms with Crippen molar-refractivity contribution in [2.75, 3.05) is 16.4 Å². The van der Waals surface area contributed by atoms with Crippen LogP contribution in [-0.2, 0) is 9.59 Å². The van der Waals surface area contributed by atoms with Crippen LogP contribution < -0.4 is 10.6 Å². The average Bonchev–Trinajstić information content (AvgIpc) is 3.11. The van der Waals surface area contributed by atoms with Crippen LogP contribution >= 0.6 is 27.7 Å². The van der Waals surface area contributed by atoms with Crippen molar-refractivity contribution >= 4 is 50.9 Å². The van der Waals surface area contributed by atoms with Crippen molar-refractivity contribution in [3.05, 3.63) is 53.0 Å². The molecule has 0 unspecified atom stereocenters. The predicted octanol–water partition coefficient (Wildman–Crippen LogP) is 4.19. The number of hydrogen-bond acceptors (Lipinski definition) is 6. The summed E-state index contributed by atoms with van der Waals surface area (Å²) < 4.78 is 6.53. The number of thioether (sulfide) groups is 1. The van der Waals surface area contributed by atoms with Crippen LogP contribution in [0.5, 0.6) is 0 Å². The lowest BCUT2D eigenvalue weighted by Gasteiger charge is -2.06. The van der Waals surface area contributed by atoms with Crippen molar-refractivity contribution in [1.29, 1.82) is 0 Å². The van der Waals surface area contributed by atoms with Crippen LogP contribution in [-0.4, -0.2) is 27.8 Å². The first-order valence-corrected chi connectivity index (χ1v) is 9.67. The van der Waals surface area contributed by atoms with Gasteiger partial charge in [0.2, 0.25) is 17.7 Å². The molecule has 2 aromatic carbocycles. The highest BCUT2D eigenvalue weighted by Gasteiger charge is 2.11. The highest BCUT2D eigenvalue weighted by molar-refractivity contribution is 9.10. The molecule has 0 saturated carbocycles. The van der Waals surface area contributed by atoms with E-state index in [-0.39, 0.29) is 17.6 Å². The zero-order chi connectivity index (χ0) is 19.2. The Labute approximate surface area is 168 Å². The lowest BCUT2D eigenvalue weighted by atomic mass is 10.2. The van der Waals surface area contributed by atoms with E-state index in [4.69, 9.17) is 4.42 Å². The zero-order valence-electron chi connectivity index (χ0n) is 14.2. The molecule has 0 radical (unpaired) electrons. The molecule has 9 heteroatoms. The van der Waals surface area contributed by atoms with Gasteiger partial charge in [0.05, 0.1) is 5.75 Å². The number of carbonyl (C=O) groups excluding carboxylic acids is 2. The number of nitrogens with one attached hydrogen (secondary N) is 2. The van der Waals surface area contributed by atoms with Gasteiger partial charge in [-0.25, -0.2) is 0 Å². The number of rotatable bonds is 6. The molecule has 2 N–H and O–H groups in total. The Morgan fingerprint density at radius 1 is 1.00 bits per heavy atom. The normalized spacial score (nSPS) is 10.4. The van der Waals surface area contributed by atoms with Crippen molar-refractivity contribution in [1.82, 2.24) is 10.2 Å². The number of halogens is 1. The number of hydrogen-bond donors (Lipinski definition) is 2.